The molecule has 22 heavy (non-hydrogen) atoms. The van der Waals surface area contributed by atoms with Crippen molar-refractivity contribution in [3.05, 3.63) is 33.7 Å². The molecule has 0 atom stereocenters. The van der Waals surface area contributed by atoms with Crippen LogP contribution in [0.5, 0.6) is 0 Å². The van der Waals surface area contributed by atoms with Gasteiger partial charge in [-0.3, -0.25) is 9.59 Å². The largest absolute Gasteiger partial charge is 0.338 e. The number of carbonyl (C=O) groups is 1. The van der Waals surface area contributed by atoms with E-state index >= 15 is 0 Å². The van der Waals surface area contributed by atoms with Crippen LogP contribution in [0.25, 0.3) is 0 Å². The Labute approximate surface area is 136 Å². The lowest BCUT2D eigenvalue weighted by atomic mass is 10.0. The van der Waals surface area contributed by atoms with E-state index < -0.39 is 0 Å². The van der Waals surface area contributed by atoms with Gasteiger partial charge in [-0.05, 0) is 57.2 Å². The third-order valence-corrected chi connectivity index (χ3v) is 4.46. The van der Waals surface area contributed by atoms with E-state index in [1.807, 2.05) is 6.92 Å². The first-order valence-electron chi connectivity index (χ1n) is 7.86. The van der Waals surface area contributed by atoms with Crippen LogP contribution < -0.4 is 10.9 Å². The number of halogens is 1. The molecule has 2 aliphatic rings. The molecule has 2 N–H and O–H groups in total. The van der Waals surface area contributed by atoms with Crippen LogP contribution in [0.2, 0.25) is 0 Å². The summed E-state index contributed by atoms with van der Waals surface area (Å²) >= 11 is 0. The van der Waals surface area contributed by atoms with Crippen LogP contribution in [0.3, 0.4) is 0 Å². The van der Waals surface area contributed by atoms with E-state index in [1.54, 1.807) is 17.0 Å². The molecule has 2 heterocycles. The van der Waals surface area contributed by atoms with Gasteiger partial charge in [0.25, 0.3) is 11.5 Å². The minimum Gasteiger partial charge on any atom is -0.338 e. The number of likely N-dealkylation sites (tertiary alicyclic amines) is 1. The lowest BCUT2D eigenvalue weighted by molar-refractivity contribution is 0.0703. The molecular formula is C16H24ClN3O2. The average molecular weight is 326 g/mol. The Morgan fingerprint density at radius 3 is 2.55 bits per heavy atom. The SMILES string of the molecule is Cc1ccc(C(=O)N2CCC(NCC3CC3)CC2)c(=O)[nH]1.Cl. The molecule has 1 saturated heterocycles. The monoisotopic (exact) mass is 325 g/mol. The van der Waals surface area contributed by atoms with Crippen LogP contribution in [0.4, 0.5) is 0 Å². The number of pyridine rings is 1. The van der Waals surface area contributed by atoms with Gasteiger partial charge in [-0.15, -0.1) is 12.4 Å². The second kappa shape index (κ2) is 7.29. The number of piperidine rings is 1. The molecule has 0 radical (unpaired) electrons. The Hall–Kier alpha value is -1.33. The van der Waals surface area contributed by atoms with Crippen molar-refractivity contribution < 1.29 is 4.79 Å². The van der Waals surface area contributed by atoms with Crippen molar-refractivity contribution in [1.82, 2.24) is 15.2 Å². The molecule has 2 fully saturated rings. The fourth-order valence-electron chi connectivity index (χ4n) is 2.85. The zero-order chi connectivity index (χ0) is 14.8. The average Bonchev–Trinajstić information content (AvgIpc) is 3.29. The molecule has 0 spiro atoms. The van der Waals surface area contributed by atoms with Crippen LogP contribution in [-0.4, -0.2) is 41.5 Å². The van der Waals surface area contributed by atoms with E-state index in [0.717, 1.165) is 44.1 Å². The van der Waals surface area contributed by atoms with Gasteiger partial charge in [0.2, 0.25) is 0 Å². The topological polar surface area (TPSA) is 65.2 Å². The number of nitrogens with one attached hydrogen (secondary N) is 2. The lowest BCUT2D eigenvalue weighted by Crippen LogP contribution is -2.46. The number of nitrogens with zero attached hydrogens (tertiary/aromatic N) is 1. The Bertz CT molecular complexity index is 575. The van der Waals surface area contributed by atoms with Gasteiger partial charge in [-0.25, -0.2) is 0 Å². The highest BCUT2D eigenvalue weighted by molar-refractivity contribution is 5.93. The molecule has 6 heteroatoms. The van der Waals surface area contributed by atoms with Crippen LogP contribution in [-0.2, 0) is 0 Å². The molecule has 1 aliphatic carbocycles. The molecule has 3 rings (SSSR count). The summed E-state index contributed by atoms with van der Waals surface area (Å²) in [5.74, 6) is 0.743. The number of hydrogen-bond donors (Lipinski definition) is 2. The fraction of sp³-hybridized carbons (Fsp3) is 0.625. The molecule has 1 amide bonds. The number of hydrogen-bond acceptors (Lipinski definition) is 3. The van der Waals surface area contributed by atoms with Crippen molar-refractivity contribution in [3.8, 4) is 0 Å². The van der Waals surface area contributed by atoms with Gasteiger partial charge in [0.1, 0.15) is 5.56 Å². The molecule has 0 bridgehead atoms. The Morgan fingerprint density at radius 1 is 1.27 bits per heavy atom. The van der Waals surface area contributed by atoms with Crippen molar-refractivity contribution in [2.24, 2.45) is 5.92 Å². The van der Waals surface area contributed by atoms with Gasteiger partial charge in [-0.2, -0.15) is 0 Å². The minimum atomic E-state index is -0.283. The summed E-state index contributed by atoms with van der Waals surface area (Å²) in [6.45, 7) is 4.39. The van der Waals surface area contributed by atoms with Gasteiger partial charge >= 0.3 is 0 Å². The Balaban J connectivity index is 0.00000176. The lowest BCUT2D eigenvalue weighted by Gasteiger charge is -2.32. The molecule has 1 aromatic rings. The highest BCUT2D eigenvalue weighted by Crippen LogP contribution is 2.28. The highest BCUT2D eigenvalue weighted by atomic mass is 35.5. The summed E-state index contributed by atoms with van der Waals surface area (Å²) in [5, 5.41) is 3.60. The maximum Gasteiger partial charge on any atom is 0.260 e. The zero-order valence-electron chi connectivity index (χ0n) is 12.9. The molecular weight excluding hydrogens is 302 g/mol. The molecule has 0 unspecified atom stereocenters. The standard InChI is InChI=1S/C16H23N3O2.ClH/c1-11-2-5-14(15(20)18-11)16(21)19-8-6-13(7-9-19)17-10-12-3-4-12;/h2,5,12-13,17H,3-4,6-10H2,1H3,(H,18,20);1H. The molecule has 122 valence electrons. The zero-order valence-corrected chi connectivity index (χ0v) is 13.7. The van der Waals surface area contributed by atoms with Crippen molar-refractivity contribution >= 4 is 18.3 Å². The number of rotatable bonds is 4. The molecule has 0 aromatic carbocycles. The normalized spacial score (nSPS) is 18.9. The third kappa shape index (κ3) is 4.11. The van der Waals surface area contributed by atoms with Gasteiger partial charge in [-0.1, -0.05) is 0 Å². The number of amides is 1. The summed E-state index contributed by atoms with van der Waals surface area (Å²) in [4.78, 5) is 28.8. The Morgan fingerprint density at radius 2 is 1.95 bits per heavy atom. The molecule has 1 aliphatic heterocycles. The summed E-state index contributed by atoms with van der Waals surface area (Å²) < 4.78 is 0. The van der Waals surface area contributed by atoms with E-state index in [4.69, 9.17) is 0 Å². The van der Waals surface area contributed by atoms with Gasteiger partial charge in [0.05, 0.1) is 0 Å². The van der Waals surface area contributed by atoms with Crippen molar-refractivity contribution in [2.45, 2.75) is 38.6 Å². The van der Waals surface area contributed by atoms with Crippen molar-refractivity contribution in [2.75, 3.05) is 19.6 Å². The van der Waals surface area contributed by atoms with E-state index in [9.17, 15) is 9.59 Å². The predicted molar refractivity (Wildman–Crippen MR) is 88.7 cm³/mol. The number of H-pyrrole nitrogens is 1. The van der Waals surface area contributed by atoms with Crippen LogP contribution in [0, 0.1) is 12.8 Å². The first-order valence-corrected chi connectivity index (χ1v) is 7.86. The van der Waals surface area contributed by atoms with E-state index in [-0.39, 0.29) is 29.4 Å². The van der Waals surface area contributed by atoms with Gasteiger partial charge < -0.3 is 15.2 Å². The third-order valence-electron chi connectivity index (χ3n) is 4.46. The van der Waals surface area contributed by atoms with Crippen molar-refractivity contribution in [3.63, 3.8) is 0 Å². The van der Waals surface area contributed by atoms with Crippen molar-refractivity contribution in [1.29, 1.82) is 0 Å². The summed E-state index contributed by atoms with van der Waals surface area (Å²) in [6, 6.07) is 3.93. The number of aryl methyl sites for hydroxylation is 1. The first-order chi connectivity index (χ1) is 10.1. The predicted octanol–water partition coefficient (Wildman–Crippen LogP) is 1.71. The van der Waals surface area contributed by atoms with Crippen LogP contribution >= 0.6 is 12.4 Å². The maximum atomic E-state index is 12.4. The summed E-state index contributed by atoms with van der Waals surface area (Å²) in [5.41, 5.74) is 0.749. The summed E-state index contributed by atoms with van der Waals surface area (Å²) in [7, 11) is 0. The second-order valence-electron chi connectivity index (χ2n) is 6.30. The number of aromatic amines is 1. The van der Waals surface area contributed by atoms with Crippen LogP contribution in [0.15, 0.2) is 16.9 Å². The molecule has 5 nitrogen and oxygen atoms in total. The van der Waals surface area contributed by atoms with E-state index in [1.165, 1.54) is 12.8 Å². The van der Waals surface area contributed by atoms with E-state index in [2.05, 4.69) is 10.3 Å². The highest BCUT2D eigenvalue weighted by Gasteiger charge is 2.27. The molecule has 1 saturated carbocycles. The first kappa shape index (κ1) is 17.0. The number of aromatic nitrogens is 1. The maximum absolute atomic E-state index is 12.4. The van der Waals surface area contributed by atoms with Crippen LogP contribution in [0.1, 0.15) is 41.7 Å². The minimum absolute atomic E-state index is 0. The Kier molecular flexibility index (Phi) is 5.64. The quantitative estimate of drug-likeness (QED) is 0.885. The fourth-order valence-corrected chi connectivity index (χ4v) is 2.85. The summed E-state index contributed by atoms with van der Waals surface area (Å²) in [6.07, 6.45) is 4.67. The van der Waals surface area contributed by atoms with Gasteiger partial charge in [0, 0.05) is 24.8 Å². The second-order valence-corrected chi connectivity index (χ2v) is 6.30. The smallest absolute Gasteiger partial charge is 0.260 e. The molecule has 1 aromatic heterocycles. The van der Waals surface area contributed by atoms with E-state index in [0.29, 0.717) is 6.04 Å². The number of carbonyl (C=O) groups excluding carboxylic acids is 1. The van der Waals surface area contributed by atoms with Gasteiger partial charge in [0.15, 0.2) is 0 Å².